The summed E-state index contributed by atoms with van der Waals surface area (Å²) in [6.45, 7) is 2.38. The Kier molecular flexibility index (Phi) is 9.06. The first kappa shape index (κ1) is 25.9. The number of rotatable bonds is 8. The molecule has 12 heteroatoms. The largest absolute Gasteiger partial charge is 0.471 e. The zero-order valence-electron chi connectivity index (χ0n) is 18.1. The number of carbonyl (C=O) groups is 4. The van der Waals surface area contributed by atoms with Gasteiger partial charge in [0.15, 0.2) is 5.92 Å². The number of hydrogen-bond acceptors (Lipinski definition) is 7. The third kappa shape index (κ3) is 6.83. The molecule has 1 aliphatic heterocycles. The lowest BCUT2D eigenvalue weighted by Gasteiger charge is -2.32. The second-order valence-electron chi connectivity index (χ2n) is 7.07. The molecule has 0 radical (unpaired) electrons. The molecular formula is C21H25F3N2O7. The fourth-order valence-corrected chi connectivity index (χ4v) is 3.49. The Bertz CT molecular complexity index is 830. The summed E-state index contributed by atoms with van der Waals surface area (Å²) in [5.41, 5.74) is 0.649. The maximum absolute atomic E-state index is 12.9. The minimum atomic E-state index is -5.20. The number of amides is 2. The number of nitrogens with zero attached hydrogens (tertiary/aromatic N) is 1. The Labute approximate surface area is 188 Å². The molecule has 1 aliphatic rings. The van der Waals surface area contributed by atoms with Crippen molar-refractivity contribution >= 4 is 23.9 Å². The minimum Gasteiger partial charge on any atom is -0.465 e. The molecule has 1 aromatic carbocycles. The second kappa shape index (κ2) is 11.5. The van der Waals surface area contributed by atoms with Crippen molar-refractivity contribution in [1.29, 1.82) is 0 Å². The van der Waals surface area contributed by atoms with Gasteiger partial charge in [-0.25, -0.2) is 4.79 Å². The first-order valence-corrected chi connectivity index (χ1v) is 10.3. The predicted octanol–water partition coefficient (Wildman–Crippen LogP) is 2.19. The highest BCUT2D eigenvalue weighted by Gasteiger charge is 2.52. The molecule has 1 N–H and O–H groups in total. The average molecular weight is 474 g/mol. The zero-order valence-corrected chi connectivity index (χ0v) is 18.1. The van der Waals surface area contributed by atoms with Gasteiger partial charge in [0.1, 0.15) is 6.61 Å². The molecule has 1 fully saturated rings. The van der Waals surface area contributed by atoms with Crippen LogP contribution in [0, 0.1) is 5.92 Å². The maximum atomic E-state index is 12.9. The van der Waals surface area contributed by atoms with Crippen LogP contribution in [-0.4, -0.2) is 66.9 Å². The highest BCUT2D eigenvalue weighted by Crippen LogP contribution is 2.29. The third-order valence-corrected chi connectivity index (χ3v) is 4.89. The van der Waals surface area contributed by atoms with Crippen molar-refractivity contribution in [2.24, 2.45) is 5.92 Å². The van der Waals surface area contributed by atoms with Crippen LogP contribution in [0.3, 0.4) is 0 Å². The van der Waals surface area contributed by atoms with Crippen molar-refractivity contribution in [3.8, 4) is 0 Å². The van der Waals surface area contributed by atoms with Crippen molar-refractivity contribution < 1.29 is 46.6 Å². The highest BCUT2D eigenvalue weighted by molar-refractivity contribution is 5.96. The van der Waals surface area contributed by atoms with E-state index in [1.807, 2.05) is 0 Å². The van der Waals surface area contributed by atoms with E-state index >= 15 is 0 Å². The third-order valence-electron chi connectivity index (χ3n) is 4.89. The number of hydrogen-bond donors (Lipinski definition) is 1. The van der Waals surface area contributed by atoms with Crippen LogP contribution in [0.5, 0.6) is 0 Å². The lowest BCUT2D eigenvalue weighted by molar-refractivity contribution is -0.175. The van der Waals surface area contributed by atoms with Crippen molar-refractivity contribution in [3.05, 3.63) is 35.9 Å². The summed E-state index contributed by atoms with van der Waals surface area (Å²) in [6.07, 6.45) is -6.32. The van der Waals surface area contributed by atoms with Gasteiger partial charge >= 0.3 is 30.1 Å². The van der Waals surface area contributed by atoms with E-state index in [0.29, 0.717) is 5.56 Å². The predicted molar refractivity (Wildman–Crippen MR) is 106 cm³/mol. The van der Waals surface area contributed by atoms with Crippen LogP contribution in [-0.2, 0) is 35.2 Å². The quantitative estimate of drug-likeness (QED) is 0.349. The molecule has 2 amide bonds. The monoisotopic (exact) mass is 474 g/mol. The van der Waals surface area contributed by atoms with E-state index in [9.17, 15) is 32.3 Å². The Balaban J connectivity index is 2.33. The van der Waals surface area contributed by atoms with Crippen LogP contribution < -0.4 is 5.32 Å². The summed E-state index contributed by atoms with van der Waals surface area (Å²) in [7, 11) is 0. The van der Waals surface area contributed by atoms with Gasteiger partial charge in [-0.1, -0.05) is 30.3 Å². The number of nitrogens with one attached hydrogen (secondary N) is 1. The van der Waals surface area contributed by atoms with E-state index in [1.54, 1.807) is 35.6 Å². The summed E-state index contributed by atoms with van der Waals surface area (Å²) in [4.78, 5) is 50.5. The standard InChI is InChI=1S/C21H25F3N2O7/c1-3-31-17(27)15(18(28)32-4-2)16-14(25-19(29)21(22,23)24)10-11-26(16)20(30)33-12-13-8-6-5-7-9-13/h5-9,14-16H,3-4,10-12H2,1-2H3,(H,25,29)/t14-,16-/m0/s1. The lowest BCUT2D eigenvalue weighted by atomic mass is 9.93. The summed E-state index contributed by atoms with van der Waals surface area (Å²) >= 11 is 0. The van der Waals surface area contributed by atoms with E-state index in [1.165, 1.54) is 13.8 Å². The van der Waals surface area contributed by atoms with Gasteiger partial charge in [0, 0.05) is 6.54 Å². The van der Waals surface area contributed by atoms with Gasteiger partial charge in [0.25, 0.3) is 0 Å². The molecular weight excluding hydrogens is 449 g/mol. The number of alkyl halides is 3. The molecule has 1 aromatic rings. The van der Waals surface area contributed by atoms with Gasteiger partial charge in [-0.2, -0.15) is 13.2 Å². The Hall–Kier alpha value is -3.31. The molecule has 1 heterocycles. The fraction of sp³-hybridized carbons (Fsp3) is 0.524. The van der Waals surface area contributed by atoms with E-state index in [2.05, 4.69) is 0 Å². The molecule has 2 rings (SSSR count). The Morgan fingerprint density at radius 3 is 2.12 bits per heavy atom. The number of halogens is 3. The van der Waals surface area contributed by atoms with Crippen LogP contribution in [0.25, 0.3) is 0 Å². The average Bonchev–Trinajstić information content (AvgIpc) is 3.16. The highest BCUT2D eigenvalue weighted by atomic mass is 19.4. The van der Waals surface area contributed by atoms with Crippen molar-refractivity contribution in [2.75, 3.05) is 19.8 Å². The smallest absolute Gasteiger partial charge is 0.465 e. The summed E-state index contributed by atoms with van der Waals surface area (Å²) in [5, 5.41) is 1.77. The summed E-state index contributed by atoms with van der Waals surface area (Å²) in [5.74, 6) is -6.22. The number of benzene rings is 1. The molecule has 182 valence electrons. The van der Waals surface area contributed by atoms with Crippen LogP contribution in [0.4, 0.5) is 18.0 Å². The van der Waals surface area contributed by atoms with Crippen LogP contribution >= 0.6 is 0 Å². The maximum Gasteiger partial charge on any atom is 0.471 e. The van der Waals surface area contributed by atoms with E-state index < -0.39 is 48.1 Å². The molecule has 0 bridgehead atoms. The van der Waals surface area contributed by atoms with Gasteiger partial charge in [0.05, 0.1) is 25.3 Å². The van der Waals surface area contributed by atoms with Crippen LogP contribution in [0.2, 0.25) is 0 Å². The van der Waals surface area contributed by atoms with Crippen molar-refractivity contribution in [1.82, 2.24) is 10.2 Å². The molecule has 0 unspecified atom stereocenters. The first-order chi connectivity index (χ1) is 15.6. The van der Waals surface area contributed by atoms with Crippen molar-refractivity contribution in [3.63, 3.8) is 0 Å². The normalized spacial score (nSPS) is 18.1. The number of ether oxygens (including phenoxy) is 3. The lowest BCUT2D eigenvalue weighted by Crippen LogP contribution is -2.56. The molecule has 9 nitrogen and oxygen atoms in total. The molecule has 1 saturated heterocycles. The van der Waals surface area contributed by atoms with E-state index in [0.717, 1.165) is 4.90 Å². The van der Waals surface area contributed by atoms with Crippen LogP contribution in [0.1, 0.15) is 25.8 Å². The van der Waals surface area contributed by atoms with Gasteiger partial charge in [-0.3, -0.25) is 14.4 Å². The summed E-state index contributed by atoms with van der Waals surface area (Å²) in [6, 6.07) is 5.73. The van der Waals surface area contributed by atoms with Gasteiger partial charge < -0.3 is 24.4 Å². The SMILES string of the molecule is CCOC(=O)C(C(=O)OCC)[C@@H]1[C@@H](NC(=O)C(F)(F)F)CCN1C(=O)OCc1ccccc1. The first-order valence-electron chi connectivity index (χ1n) is 10.3. The Morgan fingerprint density at radius 1 is 1.03 bits per heavy atom. The molecule has 0 aromatic heterocycles. The molecule has 0 spiro atoms. The van der Waals surface area contributed by atoms with Gasteiger partial charge in [0.2, 0.25) is 0 Å². The fourth-order valence-electron chi connectivity index (χ4n) is 3.49. The molecule has 0 aliphatic carbocycles. The van der Waals surface area contributed by atoms with E-state index in [-0.39, 0.29) is 32.8 Å². The van der Waals surface area contributed by atoms with Crippen LogP contribution in [0.15, 0.2) is 30.3 Å². The van der Waals surface area contributed by atoms with Crippen molar-refractivity contribution in [2.45, 2.75) is 45.1 Å². The Morgan fingerprint density at radius 2 is 1.61 bits per heavy atom. The topological polar surface area (TPSA) is 111 Å². The number of esters is 2. The summed E-state index contributed by atoms with van der Waals surface area (Å²) < 4.78 is 53.6. The molecule has 33 heavy (non-hydrogen) atoms. The van der Waals surface area contributed by atoms with Gasteiger partial charge in [-0.05, 0) is 25.8 Å². The molecule has 2 atom stereocenters. The second-order valence-corrected chi connectivity index (χ2v) is 7.07. The number of carbonyl (C=O) groups excluding carboxylic acids is 4. The van der Waals surface area contributed by atoms with Gasteiger partial charge in [-0.15, -0.1) is 0 Å². The molecule has 0 saturated carbocycles. The minimum absolute atomic E-state index is 0.126. The van der Waals surface area contributed by atoms with E-state index in [4.69, 9.17) is 14.2 Å². The zero-order chi connectivity index (χ0) is 24.6. The number of likely N-dealkylation sites (tertiary alicyclic amines) is 1.